The second-order valence-electron chi connectivity index (χ2n) is 13.9. The Balaban J connectivity index is 1.80. The molecule has 0 unspecified atom stereocenters. The fraction of sp³-hybridized carbons (Fsp3) is 0.273. The number of H-pyrrole nitrogens is 2. The van der Waals surface area contributed by atoms with E-state index in [1.165, 1.54) is 6.07 Å². The Bertz CT molecular complexity index is 2530. The Morgan fingerprint density at radius 2 is 0.963 bits per heavy atom. The molecule has 0 saturated carbocycles. The molecule has 0 radical (unpaired) electrons. The Hall–Kier alpha value is -6.16. The van der Waals surface area contributed by atoms with Crippen LogP contribution in [0.2, 0.25) is 0 Å². The highest BCUT2D eigenvalue weighted by Gasteiger charge is 2.30. The summed E-state index contributed by atoms with van der Waals surface area (Å²) in [5.74, 6) is 0. The van der Waals surface area contributed by atoms with Gasteiger partial charge < -0.3 is 9.97 Å². The van der Waals surface area contributed by atoms with Gasteiger partial charge in [0.05, 0.1) is 54.8 Å². The molecule has 7 rings (SSSR count). The number of benzene rings is 2. The number of aromatic nitrogens is 4. The monoisotopic (exact) mass is 720 g/mol. The summed E-state index contributed by atoms with van der Waals surface area (Å²) in [6.07, 6.45) is 2.80. The van der Waals surface area contributed by atoms with Gasteiger partial charge in [0.2, 0.25) is 0 Å². The highest BCUT2D eigenvalue weighted by molar-refractivity contribution is 6.04. The van der Waals surface area contributed by atoms with Crippen LogP contribution in [0.4, 0.5) is 11.4 Å². The third kappa shape index (κ3) is 5.64. The van der Waals surface area contributed by atoms with Gasteiger partial charge in [-0.15, -0.1) is 0 Å². The predicted octanol–water partition coefficient (Wildman–Crippen LogP) is 11.9. The van der Waals surface area contributed by atoms with Gasteiger partial charge in [-0.25, -0.2) is 9.97 Å². The van der Waals surface area contributed by atoms with E-state index in [2.05, 4.69) is 63.6 Å². The molecule has 0 amide bonds. The summed E-state index contributed by atoms with van der Waals surface area (Å²) >= 11 is 0. The molecule has 3 aromatic heterocycles. The molecular formula is C44H44N6O4. The zero-order chi connectivity index (χ0) is 38.6. The van der Waals surface area contributed by atoms with E-state index in [4.69, 9.17) is 9.97 Å². The normalized spacial score (nSPS) is 12.9. The van der Waals surface area contributed by atoms with Crippen molar-refractivity contribution in [2.24, 2.45) is 0 Å². The zero-order valence-electron chi connectivity index (χ0n) is 32.0. The summed E-state index contributed by atoms with van der Waals surface area (Å²) < 4.78 is 0. The summed E-state index contributed by atoms with van der Waals surface area (Å²) in [6.45, 7) is 16.6. The minimum Gasteiger partial charge on any atom is -0.354 e. The topological polar surface area (TPSA) is 144 Å². The number of nitro groups is 2. The van der Waals surface area contributed by atoms with Crippen molar-refractivity contribution in [2.45, 2.75) is 81.1 Å². The van der Waals surface area contributed by atoms with Gasteiger partial charge in [-0.2, -0.15) is 0 Å². The first-order valence-corrected chi connectivity index (χ1v) is 18.6. The van der Waals surface area contributed by atoms with Gasteiger partial charge in [0, 0.05) is 34.3 Å². The lowest BCUT2D eigenvalue weighted by Crippen LogP contribution is -1.97. The van der Waals surface area contributed by atoms with Crippen LogP contribution < -0.4 is 0 Å². The fourth-order valence-electron chi connectivity index (χ4n) is 8.53. The van der Waals surface area contributed by atoms with E-state index >= 15 is 0 Å². The van der Waals surface area contributed by atoms with E-state index in [-0.39, 0.29) is 21.2 Å². The number of para-hydroxylation sites is 2. The van der Waals surface area contributed by atoms with Crippen LogP contribution in [-0.4, -0.2) is 29.8 Å². The molecule has 10 nitrogen and oxygen atoms in total. The van der Waals surface area contributed by atoms with E-state index < -0.39 is 0 Å². The van der Waals surface area contributed by atoms with Crippen LogP contribution in [-0.2, 0) is 12.8 Å². The molecule has 5 aromatic rings. The number of aromatic amines is 2. The first kappa shape index (κ1) is 36.2. The molecular weight excluding hydrogens is 677 g/mol. The molecule has 8 bridgehead atoms. The Labute approximate surface area is 314 Å². The number of fused-ring (bicyclic) bond motifs is 8. The molecule has 0 spiro atoms. The van der Waals surface area contributed by atoms with Crippen molar-refractivity contribution in [3.8, 4) is 22.3 Å². The maximum Gasteiger partial charge on any atom is 0.277 e. The fourth-order valence-corrected chi connectivity index (χ4v) is 8.53. The van der Waals surface area contributed by atoms with Gasteiger partial charge >= 0.3 is 0 Å². The smallest absolute Gasteiger partial charge is 0.277 e. The van der Waals surface area contributed by atoms with Crippen LogP contribution in [0.3, 0.4) is 0 Å². The van der Waals surface area contributed by atoms with Crippen molar-refractivity contribution in [1.82, 2.24) is 19.9 Å². The average Bonchev–Trinajstić information content (AvgIpc) is 3.84. The first-order chi connectivity index (χ1) is 25.9. The number of hydrogen-bond donors (Lipinski definition) is 2. The Morgan fingerprint density at radius 3 is 1.33 bits per heavy atom. The van der Waals surface area contributed by atoms with E-state index in [0.29, 0.717) is 53.8 Å². The van der Waals surface area contributed by atoms with Crippen LogP contribution in [0, 0.1) is 34.1 Å². The van der Waals surface area contributed by atoms with Gasteiger partial charge in [0.25, 0.3) is 11.4 Å². The quantitative estimate of drug-likeness (QED) is 0.121. The summed E-state index contributed by atoms with van der Waals surface area (Å²) in [7, 11) is 0. The second kappa shape index (κ2) is 14.0. The van der Waals surface area contributed by atoms with Crippen LogP contribution in [0.5, 0.6) is 0 Å². The third-order valence-corrected chi connectivity index (χ3v) is 11.2. The molecule has 0 aliphatic carbocycles. The standard InChI is InChI=1S/C44H44N6O4/c1-9-27-23(5)41-39(31-17-13-15-19-37(31)49(51)52)42-25(7)29(11-3)35(47-42)22-36-30(12-4)26(8)44(48-36)40(32-18-14-16-20-38(32)50(53)54)43-24(6)28(10-2)34(46-43)21-33(27)45-41/h13-22,45,47H,9-12H2,1-8H3. The largest absolute Gasteiger partial charge is 0.354 e. The van der Waals surface area contributed by atoms with Crippen molar-refractivity contribution in [3.05, 3.63) is 126 Å². The number of nitro benzene ring substituents is 2. The molecule has 54 heavy (non-hydrogen) atoms. The molecule has 0 atom stereocenters. The first-order valence-electron chi connectivity index (χ1n) is 18.6. The van der Waals surface area contributed by atoms with Gasteiger partial charge in [-0.3, -0.25) is 20.2 Å². The molecule has 0 fully saturated rings. The SMILES string of the molecule is CCC1=C(C)c2nc1cc1[nH]c(c(C)c1CC)c(-c1ccccc1[N+](=O)[O-])c1[nH]c(cc3nc(c2-c2ccccc2[N+](=O)[O-])C(C)=C3CC)c(CC)c1C. The lowest BCUT2D eigenvalue weighted by Gasteiger charge is -2.10. The summed E-state index contributed by atoms with van der Waals surface area (Å²) in [5.41, 5.74) is 16.7. The minimum absolute atomic E-state index is 0.00672. The van der Waals surface area contributed by atoms with Gasteiger partial charge in [0.15, 0.2) is 0 Å². The summed E-state index contributed by atoms with van der Waals surface area (Å²) in [5, 5.41) is 25.1. The van der Waals surface area contributed by atoms with E-state index in [1.807, 2.05) is 32.0 Å². The maximum absolute atomic E-state index is 12.6. The van der Waals surface area contributed by atoms with Crippen molar-refractivity contribution < 1.29 is 9.85 Å². The highest BCUT2D eigenvalue weighted by Crippen LogP contribution is 2.46. The van der Waals surface area contributed by atoms with E-state index in [1.54, 1.807) is 24.3 Å². The van der Waals surface area contributed by atoms with Crippen LogP contribution in [0.15, 0.2) is 60.7 Å². The number of rotatable bonds is 8. The number of hydrogen-bond acceptors (Lipinski definition) is 6. The molecule has 2 aliphatic heterocycles. The van der Waals surface area contributed by atoms with Gasteiger partial charge in [-0.05, 0) is 122 Å². The van der Waals surface area contributed by atoms with Crippen molar-refractivity contribution in [3.63, 3.8) is 0 Å². The molecule has 2 aliphatic rings. The molecule has 2 N–H and O–H groups in total. The number of aryl methyl sites for hydroxylation is 4. The second-order valence-corrected chi connectivity index (χ2v) is 13.9. The number of nitrogens with zero attached hydrogens (tertiary/aromatic N) is 4. The Morgan fingerprint density at radius 1 is 0.574 bits per heavy atom. The van der Waals surface area contributed by atoms with Gasteiger partial charge in [-0.1, -0.05) is 52.0 Å². The lowest BCUT2D eigenvalue weighted by atomic mass is 9.92. The molecule has 5 heterocycles. The third-order valence-electron chi connectivity index (χ3n) is 11.2. The Kier molecular flexibility index (Phi) is 9.39. The van der Waals surface area contributed by atoms with Gasteiger partial charge in [0.1, 0.15) is 0 Å². The number of allylic oxidation sites excluding steroid dienone is 4. The zero-order valence-corrected chi connectivity index (χ0v) is 32.0. The van der Waals surface area contributed by atoms with Crippen molar-refractivity contribution in [2.75, 3.05) is 0 Å². The molecule has 10 heteroatoms. The minimum atomic E-state index is -0.335. The van der Waals surface area contributed by atoms with E-state index in [9.17, 15) is 20.2 Å². The van der Waals surface area contributed by atoms with Crippen LogP contribution in [0.25, 0.3) is 66.6 Å². The highest BCUT2D eigenvalue weighted by atomic mass is 16.6. The van der Waals surface area contributed by atoms with Crippen molar-refractivity contribution >= 4 is 55.7 Å². The summed E-state index contributed by atoms with van der Waals surface area (Å²) in [4.78, 5) is 42.6. The molecule has 0 saturated heterocycles. The summed E-state index contributed by atoms with van der Waals surface area (Å²) in [6, 6.07) is 17.9. The maximum atomic E-state index is 12.6. The van der Waals surface area contributed by atoms with Crippen LogP contribution >= 0.6 is 0 Å². The average molecular weight is 721 g/mol. The predicted molar refractivity (Wildman–Crippen MR) is 219 cm³/mol. The van der Waals surface area contributed by atoms with Crippen molar-refractivity contribution in [1.29, 1.82) is 0 Å². The van der Waals surface area contributed by atoms with Crippen LogP contribution in [0.1, 0.15) is 99.4 Å². The molecule has 2 aromatic carbocycles. The van der Waals surface area contributed by atoms with E-state index in [0.717, 1.165) is 83.6 Å². The lowest BCUT2D eigenvalue weighted by molar-refractivity contribution is -0.384. The molecule has 274 valence electrons. The number of nitrogens with one attached hydrogen (secondary N) is 2.